The van der Waals surface area contributed by atoms with Gasteiger partial charge in [0.05, 0.1) is 0 Å². The molecule has 1 atom stereocenters. The zero-order valence-electron chi connectivity index (χ0n) is 14.1. The van der Waals surface area contributed by atoms with Crippen molar-refractivity contribution in [1.82, 2.24) is 4.98 Å². The fourth-order valence-electron chi connectivity index (χ4n) is 2.77. The van der Waals surface area contributed by atoms with Gasteiger partial charge in [-0.25, -0.2) is 0 Å². The molecule has 4 heteroatoms. The topological polar surface area (TPSA) is 59.2 Å². The number of nitrogens with two attached hydrogens (primary N) is 1. The highest BCUT2D eigenvalue weighted by atomic mass is 16.2. The Labute approximate surface area is 138 Å². The first-order chi connectivity index (χ1) is 11.0. The summed E-state index contributed by atoms with van der Waals surface area (Å²) in [5, 5.41) is 0. The van der Waals surface area contributed by atoms with Gasteiger partial charge in [0.15, 0.2) is 0 Å². The molecule has 2 aromatic rings. The van der Waals surface area contributed by atoms with Crippen LogP contribution in [0.4, 0.5) is 5.69 Å². The third-order valence-corrected chi connectivity index (χ3v) is 3.88. The van der Waals surface area contributed by atoms with E-state index in [9.17, 15) is 4.79 Å². The number of hydrogen-bond donors (Lipinski definition) is 1. The van der Waals surface area contributed by atoms with Crippen molar-refractivity contribution in [3.8, 4) is 0 Å². The van der Waals surface area contributed by atoms with Crippen molar-refractivity contribution in [3.05, 3.63) is 59.4 Å². The molecule has 1 heterocycles. The zero-order chi connectivity index (χ0) is 16.8. The largest absolute Gasteiger partial charge is 0.327 e. The molecular formula is C19H25N3O. The van der Waals surface area contributed by atoms with Gasteiger partial charge in [-0.15, -0.1) is 0 Å². The fraction of sp³-hybridized carbons (Fsp3) is 0.368. The molecule has 0 radical (unpaired) electrons. The van der Waals surface area contributed by atoms with Crippen molar-refractivity contribution >= 4 is 11.6 Å². The van der Waals surface area contributed by atoms with Crippen molar-refractivity contribution in [2.45, 2.75) is 39.7 Å². The van der Waals surface area contributed by atoms with Crippen LogP contribution in [0.3, 0.4) is 0 Å². The lowest BCUT2D eigenvalue weighted by molar-refractivity contribution is -0.118. The summed E-state index contributed by atoms with van der Waals surface area (Å²) in [7, 11) is 0. The maximum Gasteiger partial charge on any atom is 0.228 e. The number of amides is 1. The molecule has 23 heavy (non-hydrogen) atoms. The SMILES string of the molecule is Cc1cccc(C)c1N(CCc1ccncc1)C(=O)CC(C)N. The number of anilines is 1. The van der Waals surface area contributed by atoms with Crippen LogP contribution >= 0.6 is 0 Å². The summed E-state index contributed by atoms with van der Waals surface area (Å²) in [6, 6.07) is 9.93. The Kier molecular flexibility index (Phi) is 5.88. The summed E-state index contributed by atoms with van der Waals surface area (Å²) >= 11 is 0. The third kappa shape index (κ3) is 4.63. The fourth-order valence-corrected chi connectivity index (χ4v) is 2.77. The molecule has 1 aromatic carbocycles. The van der Waals surface area contributed by atoms with Gasteiger partial charge in [-0.1, -0.05) is 18.2 Å². The van der Waals surface area contributed by atoms with E-state index in [1.807, 2.05) is 56.0 Å². The van der Waals surface area contributed by atoms with Crippen LogP contribution in [0.5, 0.6) is 0 Å². The van der Waals surface area contributed by atoms with Crippen LogP contribution in [0.1, 0.15) is 30.0 Å². The van der Waals surface area contributed by atoms with E-state index in [0.29, 0.717) is 13.0 Å². The van der Waals surface area contributed by atoms with Crippen LogP contribution < -0.4 is 10.6 Å². The van der Waals surface area contributed by atoms with Crippen molar-refractivity contribution in [2.75, 3.05) is 11.4 Å². The Hall–Kier alpha value is -2.20. The second kappa shape index (κ2) is 7.88. The average Bonchev–Trinajstić information content (AvgIpc) is 2.50. The third-order valence-electron chi connectivity index (χ3n) is 3.88. The number of pyridine rings is 1. The van der Waals surface area contributed by atoms with Crippen LogP contribution in [0.15, 0.2) is 42.7 Å². The summed E-state index contributed by atoms with van der Waals surface area (Å²) in [6.07, 6.45) is 4.70. The molecule has 1 amide bonds. The predicted molar refractivity (Wildman–Crippen MR) is 94.5 cm³/mol. The van der Waals surface area contributed by atoms with E-state index in [2.05, 4.69) is 4.98 Å². The van der Waals surface area contributed by atoms with Crippen molar-refractivity contribution in [3.63, 3.8) is 0 Å². The van der Waals surface area contributed by atoms with Crippen LogP contribution in [-0.2, 0) is 11.2 Å². The number of aromatic nitrogens is 1. The quantitative estimate of drug-likeness (QED) is 0.892. The minimum absolute atomic E-state index is 0.0754. The van der Waals surface area contributed by atoms with E-state index < -0.39 is 0 Å². The summed E-state index contributed by atoms with van der Waals surface area (Å²) in [5.74, 6) is 0.0754. The molecular weight excluding hydrogens is 286 g/mol. The van der Waals surface area contributed by atoms with Crippen LogP contribution in [0.25, 0.3) is 0 Å². The number of rotatable bonds is 6. The first-order valence-electron chi connectivity index (χ1n) is 8.00. The van der Waals surface area contributed by atoms with Crippen molar-refractivity contribution in [2.24, 2.45) is 5.73 Å². The number of carbonyl (C=O) groups is 1. The monoisotopic (exact) mass is 311 g/mol. The molecule has 1 aromatic heterocycles. The summed E-state index contributed by atoms with van der Waals surface area (Å²) < 4.78 is 0. The van der Waals surface area contributed by atoms with Gasteiger partial charge < -0.3 is 10.6 Å². The summed E-state index contributed by atoms with van der Waals surface area (Å²) in [5.41, 5.74) is 10.2. The summed E-state index contributed by atoms with van der Waals surface area (Å²) in [4.78, 5) is 18.6. The van der Waals surface area contributed by atoms with Crippen molar-refractivity contribution < 1.29 is 4.79 Å². The summed E-state index contributed by atoms with van der Waals surface area (Å²) in [6.45, 7) is 6.59. The lowest BCUT2D eigenvalue weighted by Gasteiger charge is -2.27. The van der Waals surface area contributed by atoms with Gasteiger partial charge >= 0.3 is 0 Å². The first-order valence-corrected chi connectivity index (χ1v) is 8.00. The molecule has 0 aliphatic heterocycles. The highest BCUT2D eigenvalue weighted by Gasteiger charge is 2.20. The molecule has 4 nitrogen and oxygen atoms in total. The van der Waals surface area contributed by atoms with E-state index >= 15 is 0 Å². The number of aryl methyl sites for hydroxylation is 2. The Morgan fingerprint density at radius 2 is 1.78 bits per heavy atom. The van der Waals surface area contributed by atoms with E-state index in [0.717, 1.165) is 23.2 Å². The smallest absolute Gasteiger partial charge is 0.228 e. The van der Waals surface area contributed by atoms with Crippen LogP contribution in [0.2, 0.25) is 0 Å². The van der Waals surface area contributed by atoms with Gasteiger partial charge in [0.2, 0.25) is 5.91 Å². The van der Waals surface area contributed by atoms with E-state index in [1.165, 1.54) is 5.56 Å². The van der Waals surface area contributed by atoms with Gasteiger partial charge in [0.25, 0.3) is 0 Å². The number of nitrogens with zero attached hydrogens (tertiary/aromatic N) is 2. The second-order valence-corrected chi connectivity index (χ2v) is 6.07. The standard InChI is InChI=1S/C19H25N3O/c1-14-5-4-6-15(2)19(14)22(18(23)13-16(3)20)12-9-17-7-10-21-11-8-17/h4-8,10-11,16H,9,12-13,20H2,1-3H3. The highest BCUT2D eigenvalue weighted by Crippen LogP contribution is 2.25. The van der Waals surface area contributed by atoms with E-state index in [1.54, 1.807) is 12.4 Å². The maximum atomic E-state index is 12.7. The van der Waals surface area contributed by atoms with Gasteiger partial charge in [0.1, 0.15) is 0 Å². The highest BCUT2D eigenvalue weighted by molar-refractivity contribution is 5.95. The maximum absolute atomic E-state index is 12.7. The Balaban J connectivity index is 2.26. The number of carbonyl (C=O) groups excluding carboxylic acids is 1. The number of benzene rings is 1. The van der Waals surface area contributed by atoms with Gasteiger partial charge in [-0.3, -0.25) is 9.78 Å². The zero-order valence-corrected chi connectivity index (χ0v) is 14.1. The molecule has 1 unspecified atom stereocenters. The van der Waals surface area contributed by atoms with Gasteiger partial charge in [-0.05, 0) is 56.0 Å². The first kappa shape index (κ1) is 17.2. The van der Waals surface area contributed by atoms with Crippen LogP contribution in [0, 0.1) is 13.8 Å². The second-order valence-electron chi connectivity index (χ2n) is 6.07. The Bertz CT molecular complexity index is 633. The molecule has 0 aliphatic rings. The van der Waals surface area contributed by atoms with Crippen molar-refractivity contribution in [1.29, 1.82) is 0 Å². The Morgan fingerprint density at radius 3 is 2.35 bits per heavy atom. The minimum atomic E-state index is -0.143. The lowest BCUT2D eigenvalue weighted by atomic mass is 10.1. The van der Waals surface area contributed by atoms with Gasteiger partial charge in [-0.2, -0.15) is 0 Å². The molecule has 0 saturated carbocycles. The van der Waals surface area contributed by atoms with E-state index in [4.69, 9.17) is 5.73 Å². The van der Waals surface area contributed by atoms with Gasteiger partial charge in [0, 0.05) is 37.1 Å². The minimum Gasteiger partial charge on any atom is -0.327 e. The van der Waals surface area contributed by atoms with E-state index in [-0.39, 0.29) is 11.9 Å². The molecule has 122 valence electrons. The molecule has 0 aliphatic carbocycles. The normalized spacial score (nSPS) is 12.0. The molecule has 2 N–H and O–H groups in total. The molecule has 0 saturated heterocycles. The molecule has 2 rings (SSSR count). The molecule has 0 bridgehead atoms. The average molecular weight is 311 g/mol. The number of hydrogen-bond acceptors (Lipinski definition) is 3. The van der Waals surface area contributed by atoms with Crippen LogP contribution in [-0.4, -0.2) is 23.5 Å². The predicted octanol–water partition coefficient (Wildman–Crippen LogP) is 3.01. The molecule has 0 fully saturated rings. The number of para-hydroxylation sites is 1. The lowest BCUT2D eigenvalue weighted by Crippen LogP contribution is -2.37. The Morgan fingerprint density at radius 1 is 1.17 bits per heavy atom. The molecule has 0 spiro atoms.